The molecule has 1 fully saturated rings. The van der Waals surface area contributed by atoms with E-state index in [-0.39, 0.29) is 68.3 Å². The minimum Gasteiger partial charge on any atom is -0.460 e. The van der Waals surface area contributed by atoms with Crippen LogP contribution in [0.15, 0.2) is 65.2 Å². The van der Waals surface area contributed by atoms with E-state index in [0.717, 1.165) is 6.26 Å². The lowest BCUT2D eigenvalue weighted by Crippen LogP contribution is -2.44. The number of hydrogen-bond acceptors (Lipinski definition) is 13. The van der Waals surface area contributed by atoms with Crippen LogP contribution in [0.4, 0.5) is 10.3 Å². The molecule has 18 heteroatoms. The standard InChI is InChI=1S/C37H47FN10O7/c1-22(2)34-24(15-32(51)41-11-13-47-20-28(45-46-47)25-18-42-37(39)43-19-25)8-9-31(50)40-10-4-6-23(3)14-27(49)16-26(38)17-33-44-29(21-54-33)35(52)48-12-5-7-30(48)36(53)55-34/h4,6,8-9,14,18-22,24,26-27,30,34,49H,5,7,10-13,15-17H2,1-3H3,(H,40,50)(H,41,51)(H2,39,42,43)/b6-4?,9-8+,23-14?. The number of carbonyl (C=O) groups excluding carboxylic acids is 4. The van der Waals surface area contributed by atoms with Crippen LogP contribution in [0.25, 0.3) is 11.3 Å². The van der Waals surface area contributed by atoms with E-state index in [9.17, 15) is 28.7 Å². The summed E-state index contributed by atoms with van der Waals surface area (Å²) in [5.41, 5.74) is 7.30. The Balaban J connectivity index is 1.32. The number of nitrogens with zero attached hydrogens (tertiary/aromatic N) is 7. The zero-order chi connectivity index (χ0) is 39.5. The van der Waals surface area contributed by atoms with E-state index in [1.165, 1.54) is 29.4 Å². The van der Waals surface area contributed by atoms with Crippen molar-refractivity contribution in [2.75, 3.05) is 25.4 Å². The number of cyclic esters (lactones) is 1. The van der Waals surface area contributed by atoms with Gasteiger partial charge < -0.3 is 35.5 Å². The number of carbonyl (C=O) groups is 4. The van der Waals surface area contributed by atoms with Gasteiger partial charge in [0, 0.05) is 56.4 Å². The van der Waals surface area contributed by atoms with E-state index >= 15 is 0 Å². The highest BCUT2D eigenvalue weighted by atomic mass is 19.1. The highest BCUT2D eigenvalue weighted by Crippen LogP contribution is 2.27. The Hall–Kier alpha value is -5.78. The van der Waals surface area contributed by atoms with Gasteiger partial charge in [-0.15, -0.1) is 5.10 Å². The molecular weight excluding hydrogens is 715 g/mol. The second-order valence-corrected chi connectivity index (χ2v) is 13.9. The largest absolute Gasteiger partial charge is 0.460 e. The van der Waals surface area contributed by atoms with Crippen LogP contribution in [0.5, 0.6) is 0 Å². The maximum Gasteiger partial charge on any atom is 0.329 e. The van der Waals surface area contributed by atoms with Gasteiger partial charge in [0.15, 0.2) is 11.6 Å². The van der Waals surface area contributed by atoms with Crippen LogP contribution in [0.3, 0.4) is 0 Å². The fraction of sp³-hybridized carbons (Fsp3) is 0.486. The summed E-state index contributed by atoms with van der Waals surface area (Å²) in [7, 11) is 0. The van der Waals surface area contributed by atoms with Gasteiger partial charge in [0.25, 0.3) is 5.91 Å². The Kier molecular flexibility index (Phi) is 14.0. The molecule has 294 valence electrons. The van der Waals surface area contributed by atoms with Gasteiger partial charge in [0.2, 0.25) is 17.8 Å². The van der Waals surface area contributed by atoms with Crippen molar-refractivity contribution < 1.29 is 37.8 Å². The smallest absolute Gasteiger partial charge is 0.329 e. The van der Waals surface area contributed by atoms with Crippen LogP contribution in [-0.4, -0.2) is 108 Å². The van der Waals surface area contributed by atoms with Crippen LogP contribution in [0, 0.1) is 11.8 Å². The van der Waals surface area contributed by atoms with E-state index in [1.54, 1.807) is 36.0 Å². The average molecular weight is 763 g/mol. The summed E-state index contributed by atoms with van der Waals surface area (Å²) in [5, 5.41) is 24.2. The summed E-state index contributed by atoms with van der Waals surface area (Å²) in [6, 6.07) is -0.935. The second-order valence-electron chi connectivity index (χ2n) is 13.9. The molecule has 0 radical (unpaired) electrons. The van der Waals surface area contributed by atoms with E-state index in [1.807, 2.05) is 13.8 Å². The number of allylic oxidation sites excluding steroid dienone is 2. The number of esters is 1. The number of amides is 3. The second kappa shape index (κ2) is 19.0. The van der Waals surface area contributed by atoms with E-state index < -0.39 is 48.1 Å². The fourth-order valence-corrected chi connectivity index (χ4v) is 6.37. The number of fused-ring (bicyclic) bond motifs is 3. The summed E-state index contributed by atoms with van der Waals surface area (Å²) >= 11 is 0. The van der Waals surface area contributed by atoms with E-state index in [4.69, 9.17) is 14.9 Å². The van der Waals surface area contributed by atoms with E-state index in [2.05, 4.69) is 35.9 Å². The summed E-state index contributed by atoms with van der Waals surface area (Å²) in [4.78, 5) is 66.9. The molecule has 2 aliphatic rings. The summed E-state index contributed by atoms with van der Waals surface area (Å²) < 4.78 is 27.9. The molecule has 0 saturated carbocycles. The molecule has 2 aliphatic heterocycles. The molecule has 5 rings (SSSR count). The molecule has 5 heterocycles. The SMILES string of the molecule is CC1=CC(O)CC(F)Cc2nc(co2)C(=O)N2CCCC2C(=O)OC(C(C)C)C(CC(=O)NCCn2cc(-c3cnc(N)nc3)nn2)/C=C/C(=O)NCC=C1. The average Bonchev–Trinajstić information content (AvgIpc) is 3.92. The molecule has 1 saturated heterocycles. The van der Waals surface area contributed by atoms with Gasteiger partial charge in [-0.05, 0) is 31.8 Å². The molecular formula is C37H47FN10O7. The van der Waals surface area contributed by atoms with Gasteiger partial charge in [-0.25, -0.2) is 24.1 Å². The first kappa shape index (κ1) is 40.4. The molecule has 0 aliphatic carbocycles. The number of halogens is 1. The van der Waals surface area contributed by atoms with Crippen molar-refractivity contribution in [3.63, 3.8) is 0 Å². The summed E-state index contributed by atoms with van der Waals surface area (Å²) in [5.74, 6) is -2.92. The molecule has 0 spiro atoms. The topological polar surface area (TPSA) is 234 Å². The molecule has 3 amide bonds. The number of rotatable bonds is 7. The molecule has 0 aromatic carbocycles. The maximum absolute atomic E-state index is 14.8. The van der Waals surface area contributed by atoms with Crippen LogP contribution >= 0.6 is 0 Å². The van der Waals surface area contributed by atoms with Gasteiger partial charge in [-0.2, -0.15) is 0 Å². The number of aliphatic hydroxyl groups excluding tert-OH is 1. The third-order valence-corrected chi connectivity index (χ3v) is 9.10. The molecule has 5 N–H and O–H groups in total. The first-order valence-corrected chi connectivity index (χ1v) is 18.2. The van der Waals surface area contributed by atoms with Gasteiger partial charge in [0.05, 0.1) is 25.3 Å². The fourth-order valence-electron chi connectivity index (χ4n) is 6.37. The normalized spacial score (nSPS) is 23.8. The first-order chi connectivity index (χ1) is 26.4. The maximum atomic E-state index is 14.8. The Morgan fingerprint density at radius 2 is 1.96 bits per heavy atom. The lowest BCUT2D eigenvalue weighted by molar-refractivity contribution is -0.159. The number of alkyl halides is 1. The summed E-state index contributed by atoms with van der Waals surface area (Å²) in [6.07, 6.45) is 10.4. The Morgan fingerprint density at radius 3 is 2.73 bits per heavy atom. The number of anilines is 1. The number of ether oxygens (including phenoxy) is 1. The third-order valence-electron chi connectivity index (χ3n) is 9.10. The first-order valence-electron chi connectivity index (χ1n) is 18.2. The molecule has 55 heavy (non-hydrogen) atoms. The molecule has 3 aromatic rings. The van der Waals surface area contributed by atoms with Crippen molar-refractivity contribution in [1.82, 2.24) is 45.5 Å². The number of hydrogen-bond donors (Lipinski definition) is 4. The van der Waals surface area contributed by atoms with Crippen molar-refractivity contribution in [1.29, 1.82) is 0 Å². The predicted octanol–water partition coefficient (Wildman–Crippen LogP) is 2.12. The van der Waals surface area contributed by atoms with E-state index in [0.29, 0.717) is 36.2 Å². The molecule has 2 bridgehead atoms. The summed E-state index contributed by atoms with van der Waals surface area (Å²) in [6.45, 7) is 6.32. The highest BCUT2D eigenvalue weighted by molar-refractivity contribution is 5.95. The van der Waals surface area contributed by atoms with Crippen molar-refractivity contribution in [2.45, 2.75) is 83.8 Å². The monoisotopic (exact) mass is 762 g/mol. The number of aliphatic hydroxyl groups is 1. The van der Waals surface area contributed by atoms with Crippen molar-refractivity contribution in [3.8, 4) is 11.3 Å². The predicted molar refractivity (Wildman–Crippen MR) is 196 cm³/mol. The van der Waals surface area contributed by atoms with Gasteiger partial charge >= 0.3 is 5.97 Å². The lowest BCUT2D eigenvalue weighted by atomic mass is 9.89. The van der Waals surface area contributed by atoms with Crippen molar-refractivity contribution in [2.24, 2.45) is 11.8 Å². The molecule has 5 atom stereocenters. The van der Waals surface area contributed by atoms with Crippen LogP contribution in [0.1, 0.15) is 62.8 Å². The Morgan fingerprint density at radius 1 is 1.18 bits per heavy atom. The minimum absolute atomic E-state index is 0.0109. The van der Waals surface area contributed by atoms with Crippen LogP contribution in [-0.2, 0) is 32.1 Å². The number of nitrogens with one attached hydrogen (secondary N) is 2. The molecule has 3 aromatic heterocycles. The van der Waals surface area contributed by atoms with Gasteiger partial charge in [-0.1, -0.05) is 48.9 Å². The number of nitrogen functional groups attached to an aromatic ring is 1. The third kappa shape index (κ3) is 11.6. The van der Waals surface area contributed by atoms with Gasteiger partial charge in [-0.3, -0.25) is 19.1 Å². The van der Waals surface area contributed by atoms with Crippen LogP contribution < -0.4 is 16.4 Å². The Labute approximate surface area is 317 Å². The highest BCUT2D eigenvalue weighted by Gasteiger charge is 2.39. The number of oxazole rings is 1. The van der Waals surface area contributed by atoms with Crippen molar-refractivity contribution in [3.05, 3.63) is 72.4 Å². The van der Waals surface area contributed by atoms with Crippen molar-refractivity contribution >= 4 is 29.6 Å². The zero-order valence-corrected chi connectivity index (χ0v) is 31.0. The number of aromatic nitrogens is 6. The van der Waals surface area contributed by atoms with Gasteiger partial charge in [0.1, 0.15) is 30.3 Å². The quantitative estimate of drug-likeness (QED) is 0.253. The molecule has 5 unspecified atom stereocenters. The zero-order valence-electron chi connectivity index (χ0n) is 31.0. The number of nitrogens with two attached hydrogens (primary N) is 1. The lowest BCUT2D eigenvalue weighted by Gasteiger charge is -2.30. The Bertz CT molecular complexity index is 1890. The molecule has 17 nitrogen and oxygen atoms in total. The minimum atomic E-state index is -1.51. The van der Waals surface area contributed by atoms with Crippen LogP contribution in [0.2, 0.25) is 0 Å².